The molecule has 0 unspecified atom stereocenters. The molecule has 1 aromatic heterocycles. The van der Waals surface area contributed by atoms with Gasteiger partial charge in [0, 0.05) is 12.1 Å². The highest BCUT2D eigenvalue weighted by atomic mass is 16.4. The maximum Gasteiger partial charge on any atom is 0.311 e. The van der Waals surface area contributed by atoms with E-state index in [0.717, 1.165) is 12.1 Å². The van der Waals surface area contributed by atoms with E-state index >= 15 is 0 Å². The van der Waals surface area contributed by atoms with Crippen LogP contribution >= 0.6 is 0 Å². The van der Waals surface area contributed by atoms with Gasteiger partial charge in [0.25, 0.3) is 0 Å². The molecule has 0 aliphatic carbocycles. The predicted molar refractivity (Wildman–Crippen MR) is 47.4 cm³/mol. The number of hydrogen-bond acceptors (Lipinski definition) is 3. The lowest BCUT2D eigenvalue weighted by Gasteiger charge is -2.05. The van der Waals surface area contributed by atoms with Gasteiger partial charge in [-0.25, -0.2) is 0 Å². The van der Waals surface area contributed by atoms with Gasteiger partial charge < -0.3 is 14.4 Å². The molecule has 0 saturated heterocycles. The minimum absolute atomic E-state index is 0.0482. The topological polar surface area (TPSA) is 53.7 Å². The first-order valence-electron chi connectivity index (χ1n) is 4.00. The molecule has 4 nitrogen and oxygen atoms in total. The summed E-state index contributed by atoms with van der Waals surface area (Å²) < 4.78 is 5.07. The second kappa shape index (κ2) is 4.09. The number of rotatable bonds is 4. The molecule has 0 fully saturated rings. The largest absolute Gasteiger partial charge is 0.481 e. The van der Waals surface area contributed by atoms with Crippen LogP contribution in [0.1, 0.15) is 11.3 Å². The summed E-state index contributed by atoms with van der Waals surface area (Å²) in [5.74, 6) is -0.366. The number of aliphatic carboxylic acids is 1. The molecule has 0 atom stereocenters. The molecule has 4 heteroatoms. The molecule has 1 rings (SSSR count). The molecule has 0 saturated carbocycles. The van der Waals surface area contributed by atoms with E-state index in [-0.39, 0.29) is 6.42 Å². The van der Waals surface area contributed by atoms with Crippen molar-refractivity contribution in [1.82, 2.24) is 4.90 Å². The fourth-order valence-electron chi connectivity index (χ4n) is 1.12. The van der Waals surface area contributed by atoms with Gasteiger partial charge in [0.05, 0.1) is 6.26 Å². The van der Waals surface area contributed by atoms with Crippen molar-refractivity contribution in [2.45, 2.75) is 13.0 Å². The van der Waals surface area contributed by atoms with E-state index in [0.29, 0.717) is 5.76 Å². The summed E-state index contributed by atoms with van der Waals surface area (Å²) >= 11 is 0. The number of carboxylic acids is 1. The summed E-state index contributed by atoms with van der Waals surface area (Å²) in [7, 11) is 3.90. The number of furan rings is 1. The Hall–Kier alpha value is -1.29. The Morgan fingerprint density at radius 3 is 2.85 bits per heavy atom. The zero-order chi connectivity index (χ0) is 9.84. The Morgan fingerprint density at radius 2 is 2.31 bits per heavy atom. The third-order valence-electron chi connectivity index (χ3n) is 1.53. The lowest BCUT2D eigenvalue weighted by Crippen LogP contribution is -2.09. The molecule has 0 bridgehead atoms. The van der Waals surface area contributed by atoms with Crippen LogP contribution in [0.5, 0.6) is 0 Å². The molecule has 0 aliphatic heterocycles. The molecule has 1 heterocycles. The highest BCUT2D eigenvalue weighted by molar-refractivity contribution is 5.69. The molecule has 13 heavy (non-hydrogen) atoms. The van der Waals surface area contributed by atoms with Crippen molar-refractivity contribution in [2.75, 3.05) is 14.1 Å². The fraction of sp³-hybridized carbons (Fsp3) is 0.444. The second-order valence-corrected chi connectivity index (χ2v) is 3.23. The Kier molecular flexibility index (Phi) is 3.08. The molecule has 72 valence electrons. The Balaban J connectivity index is 2.58. The Morgan fingerprint density at radius 1 is 1.62 bits per heavy atom. The maximum atomic E-state index is 10.3. The van der Waals surface area contributed by atoms with Crippen LogP contribution < -0.4 is 0 Å². The number of hydrogen-bond donors (Lipinski definition) is 1. The minimum Gasteiger partial charge on any atom is -0.481 e. The van der Waals surface area contributed by atoms with Crippen LogP contribution in [0.15, 0.2) is 16.7 Å². The standard InChI is InChI=1S/C9H13NO3/c1-10(2)5-7-3-8(13-6-7)4-9(11)12/h3,6H,4-5H2,1-2H3,(H,11,12). The predicted octanol–water partition coefficient (Wildman–Crippen LogP) is 0.968. The van der Waals surface area contributed by atoms with E-state index in [1.807, 2.05) is 19.0 Å². The zero-order valence-electron chi connectivity index (χ0n) is 7.78. The fourth-order valence-corrected chi connectivity index (χ4v) is 1.12. The molecule has 0 spiro atoms. The van der Waals surface area contributed by atoms with Crippen LogP contribution in [0.4, 0.5) is 0 Å². The van der Waals surface area contributed by atoms with E-state index < -0.39 is 5.97 Å². The van der Waals surface area contributed by atoms with Crippen LogP contribution in [0.2, 0.25) is 0 Å². The van der Waals surface area contributed by atoms with Gasteiger partial charge >= 0.3 is 5.97 Å². The summed E-state index contributed by atoms with van der Waals surface area (Å²) in [4.78, 5) is 12.3. The second-order valence-electron chi connectivity index (χ2n) is 3.23. The van der Waals surface area contributed by atoms with E-state index in [1.54, 1.807) is 12.3 Å². The van der Waals surface area contributed by atoms with Gasteiger partial charge in [-0.3, -0.25) is 4.79 Å². The van der Waals surface area contributed by atoms with Gasteiger partial charge in [-0.2, -0.15) is 0 Å². The van der Waals surface area contributed by atoms with Crippen LogP contribution in [-0.2, 0) is 17.8 Å². The molecular weight excluding hydrogens is 170 g/mol. The molecule has 1 aromatic rings. The highest BCUT2D eigenvalue weighted by Gasteiger charge is 2.06. The third-order valence-corrected chi connectivity index (χ3v) is 1.53. The van der Waals surface area contributed by atoms with E-state index in [2.05, 4.69) is 0 Å². The summed E-state index contributed by atoms with van der Waals surface area (Å²) in [6.07, 6.45) is 1.55. The quantitative estimate of drug-likeness (QED) is 0.755. The van der Waals surface area contributed by atoms with Crippen molar-refractivity contribution in [2.24, 2.45) is 0 Å². The first kappa shape index (κ1) is 9.80. The molecule has 0 amide bonds. The number of nitrogens with zero attached hydrogens (tertiary/aromatic N) is 1. The van der Waals surface area contributed by atoms with Crippen LogP contribution in [-0.4, -0.2) is 30.1 Å². The zero-order valence-corrected chi connectivity index (χ0v) is 7.78. The van der Waals surface area contributed by atoms with Gasteiger partial charge in [-0.1, -0.05) is 0 Å². The van der Waals surface area contributed by atoms with Crippen molar-refractivity contribution < 1.29 is 14.3 Å². The molecular formula is C9H13NO3. The van der Waals surface area contributed by atoms with Gasteiger partial charge in [-0.15, -0.1) is 0 Å². The summed E-state index contributed by atoms with van der Waals surface area (Å²) in [6.45, 7) is 0.767. The van der Waals surface area contributed by atoms with Crippen LogP contribution in [0.25, 0.3) is 0 Å². The van der Waals surface area contributed by atoms with Gasteiger partial charge in [-0.05, 0) is 20.2 Å². The molecule has 0 aliphatic rings. The van der Waals surface area contributed by atoms with Crippen LogP contribution in [0.3, 0.4) is 0 Å². The van der Waals surface area contributed by atoms with Crippen molar-refractivity contribution in [1.29, 1.82) is 0 Å². The lowest BCUT2D eigenvalue weighted by molar-refractivity contribution is -0.136. The summed E-state index contributed by atoms with van der Waals surface area (Å²) in [5.41, 5.74) is 1.00. The highest BCUT2D eigenvalue weighted by Crippen LogP contribution is 2.09. The molecule has 0 aromatic carbocycles. The molecule has 0 radical (unpaired) electrons. The molecule has 1 N–H and O–H groups in total. The first-order chi connectivity index (χ1) is 6.08. The third kappa shape index (κ3) is 3.29. The van der Waals surface area contributed by atoms with Crippen molar-refractivity contribution >= 4 is 5.97 Å². The first-order valence-corrected chi connectivity index (χ1v) is 4.00. The van der Waals surface area contributed by atoms with Crippen molar-refractivity contribution in [3.63, 3.8) is 0 Å². The van der Waals surface area contributed by atoms with Gasteiger partial charge in [0.15, 0.2) is 0 Å². The maximum absolute atomic E-state index is 10.3. The van der Waals surface area contributed by atoms with Crippen molar-refractivity contribution in [3.8, 4) is 0 Å². The Bertz CT molecular complexity index is 291. The summed E-state index contributed by atoms with van der Waals surface area (Å²) in [5, 5.41) is 8.49. The van der Waals surface area contributed by atoms with E-state index in [4.69, 9.17) is 9.52 Å². The van der Waals surface area contributed by atoms with Crippen LogP contribution in [0, 0.1) is 0 Å². The average Bonchev–Trinajstić information content (AvgIpc) is 2.33. The number of carboxylic acid groups (broad SMARTS) is 1. The minimum atomic E-state index is -0.870. The van der Waals surface area contributed by atoms with E-state index in [1.165, 1.54) is 0 Å². The normalized spacial score (nSPS) is 10.7. The van der Waals surface area contributed by atoms with Gasteiger partial charge in [0.1, 0.15) is 12.2 Å². The smallest absolute Gasteiger partial charge is 0.311 e. The average molecular weight is 183 g/mol. The monoisotopic (exact) mass is 183 g/mol. The van der Waals surface area contributed by atoms with E-state index in [9.17, 15) is 4.79 Å². The summed E-state index contributed by atoms with van der Waals surface area (Å²) in [6, 6.07) is 1.77. The van der Waals surface area contributed by atoms with Gasteiger partial charge in [0.2, 0.25) is 0 Å². The lowest BCUT2D eigenvalue weighted by atomic mass is 10.2. The Labute approximate surface area is 76.8 Å². The number of carbonyl (C=O) groups is 1. The van der Waals surface area contributed by atoms with Crippen molar-refractivity contribution in [3.05, 3.63) is 23.7 Å². The SMILES string of the molecule is CN(C)Cc1coc(CC(=O)O)c1.